The van der Waals surface area contributed by atoms with Crippen molar-refractivity contribution in [1.29, 1.82) is 5.26 Å². The van der Waals surface area contributed by atoms with Crippen LogP contribution in [0.25, 0.3) is 5.82 Å². The van der Waals surface area contributed by atoms with E-state index in [9.17, 15) is 15.2 Å². The van der Waals surface area contributed by atoms with Crippen molar-refractivity contribution in [3.63, 3.8) is 0 Å². The number of carbonyl (C=O) groups excluding carboxylic acids is 1. The first-order chi connectivity index (χ1) is 15.5. The molecule has 0 aliphatic heterocycles. The number of nitriles is 1. The number of ketones is 1. The Morgan fingerprint density at radius 3 is 2.61 bits per heavy atom. The molecule has 0 radical (unpaired) electrons. The maximum Gasteiger partial charge on any atom is 0.193 e. The van der Waals surface area contributed by atoms with Gasteiger partial charge in [0.15, 0.2) is 5.82 Å². The van der Waals surface area contributed by atoms with Crippen LogP contribution in [0.15, 0.2) is 24.7 Å². The van der Waals surface area contributed by atoms with Gasteiger partial charge in [-0.3, -0.25) is 9.78 Å². The second-order valence-corrected chi connectivity index (χ2v) is 8.67. The third-order valence-electron chi connectivity index (χ3n) is 5.24. The zero-order valence-electron chi connectivity index (χ0n) is 19.1. The van der Waals surface area contributed by atoms with E-state index in [1.165, 1.54) is 11.0 Å². The fraction of sp³-hybridized carbons (Fsp3) is 0.391. The molecule has 0 saturated carbocycles. The Labute approximate surface area is 197 Å². The van der Waals surface area contributed by atoms with Gasteiger partial charge in [0.2, 0.25) is 0 Å². The minimum Gasteiger partial charge on any atom is -0.384 e. The molecule has 10 heteroatoms. The first kappa shape index (κ1) is 24.5. The van der Waals surface area contributed by atoms with E-state index < -0.39 is 5.60 Å². The molecule has 0 saturated heterocycles. The van der Waals surface area contributed by atoms with Crippen LogP contribution >= 0.6 is 11.6 Å². The zero-order valence-corrected chi connectivity index (χ0v) is 19.9. The zero-order chi connectivity index (χ0) is 24.3. The van der Waals surface area contributed by atoms with Gasteiger partial charge in [-0.15, -0.1) is 9.90 Å². The van der Waals surface area contributed by atoms with Gasteiger partial charge in [-0.2, -0.15) is 10.4 Å². The minimum atomic E-state index is -1.15. The summed E-state index contributed by atoms with van der Waals surface area (Å²) in [6.45, 7) is 6.79. The summed E-state index contributed by atoms with van der Waals surface area (Å²) in [5, 5.41) is 28.2. The Hall–Kier alpha value is -3.19. The molecule has 0 amide bonds. The average Bonchev–Trinajstić information content (AvgIpc) is 3.24. The molecule has 0 aliphatic rings. The number of aryl methyl sites for hydroxylation is 1. The molecule has 1 atom stereocenters. The van der Waals surface area contributed by atoms with Gasteiger partial charge in [0.05, 0.1) is 28.6 Å². The molecule has 9 nitrogen and oxygen atoms in total. The quantitative estimate of drug-likeness (QED) is 0.534. The summed E-state index contributed by atoms with van der Waals surface area (Å²) in [5.41, 5.74) is 2.23. The van der Waals surface area contributed by atoms with Crippen LogP contribution in [0, 0.1) is 18.3 Å². The van der Waals surface area contributed by atoms with Crippen LogP contribution in [0.4, 0.5) is 0 Å². The number of ether oxygens (including phenoxy) is 1. The van der Waals surface area contributed by atoms with Crippen LogP contribution in [0.5, 0.6) is 0 Å². The first-order valence-corrected chi connectivity index (χ1v) is 10.7. The van der Waals surface area contributed by atoms with Crippen molar-refractivity contribution in [2.75, 3.05) is 7.11 Å². The highest BCUT2D eigenvalue weighted by molar-refractivity contribution is 6.32. The summed E-state index contributed by atoms with van der Waals surface area (Å²) in [6.07, 6.45) is 4.45. The number of carbonyl (C=O) groups is 1. The molecule has 3 aromatic heterocycles. The highest BCUT2D eigenvalue weighted by atomic mass is 35.5. The maximum absolute atomic E-state index is 12.8. The Kier molecular flexibility index (Phi) is 7.22. The molecule has 1 N–H and O–H groups in total. The van der Waals surface area contributed by atoms with Crippen molar-refractivity contribution in [2.45, 2.75) is 52.2 Å². The lowest BCUT2D eigenvalue weighted by molar-refractivity contribution is -0.117. The van der Waals surface area contributed by atoms with Crippen molar-refractivity contribution in [1.82, 2.24) is 25.0 Å². The second kappa shape index (κ2) is 9.75. The molecule has 172 valence electrons. The first-order valence-electron chi connectivity index (χ1n) is 10.3. The fourth-order valence-electron chi connectivity index (χ4n) is 3.39. The monoisotopic (exact) mass is 468 g/mol. The lowest BCUT2D eigenvalue weighted by Gasteiger charge is -2.17. The lowest BCUT2D eigenvalue weighted by Crippen LogP contribution is -2.17. The predicted octanol–water partition coefficient (Wildman–Crippen LogP) is 3.18. The number of aliphatic hydroxyl groups is 1. The molecule has 0 bridgehead atoms. The standard InChI is InChI=1S/C23H25ClN6O3/c1-13-18(9-25)21(14(2)33-5)16(11-26-13)8-17(31)6-15-7-19(24)22(27-10-15)30-28-12-20(29-30)23(3,4)32/h7,10-12,14,32H,6,8H2,1-5H3. The number of rotatable bonds is 8. The van der Waals surface area contributed by atoms with E-state index in [4.69, 9.17) is 16.3 Å². The van der Waals surface area contributed by atoms with E-state index in [-0.39, 0.29) is 29.8 Å². The highest BCUT2D eigenvalue weighted by Crippen LogP contribution is 2.27. The van der Waals surface area contributed by atoms with E-state index in [1.807, 2.05) is 6.92 Å². The minimum absolute atomic E-state index is 0.0822. The summed E-state index contributed by atoms with van der Waals surface area (Å²) in [5.74, 6) is 0.210. The van der Waals surface area contributed by atoms with Gasteiger partial charge in [0.1, 0.15) is 23.1 Å². The molecular formula is C23H25ClN6O3. The van der Waals surface area contributed by atoms with Crippen LogP contribution in [0.2, 0.25) is 5.02 Å². The Balaban J connectivity index is 1.80. The number of halogens is 1. The van der Waals surface area contributed by atoms with E-state index in [1.54, 1.807) is 46.3 Å². The fourth-order valence-corrected chi connectivity index (χ4v) is 3.66. The summed E-state index contributed by atoms with van der Waals surface area (Å²) >= 11 is 6.37. The van der Waals surface area contributed by atoms with E-state index in [0.29, 0.717) is 39.5 Å². The summed E-state index contributed by atoms with van der Waals surface area (Å²) < 4.78 is 5.42. The van der Waals surface area contributed by atoms with Crippen LogP contribution < -0.4 is 0 Å². The van der Waals surface area contributed by atoms with Crippen molar-refractivity contribution < 1.29 is 14.6 Å². The Morgan fingerprint density at radius 1 is 1.30 bits per heavy atom. The van der Waals surface area contributed by atoms with Crippen molar-refractivity contribution >= 4 is 17.4 Å². The van der Waals surface area contributed by atoms with Crippen LogP contribution in [0.3, 0.4) is 0 Å². The van der Waals surface area contributed by atoms with Gasteiger partial charge < -0.3 is 9.84 Å². The lowest BCUT2D eigenvalue weighted by atomic mass is 9.94. The third-order valence-corrected chi connectivity index (χ3v) is 5.52. The van der Waals surface area contributed by atoms with Gasteiger partial charge in [-0.1, -0.05) is 11.6 Å². The number of Topliss-reactive ketones (excluding diaryl/α,β-unsaturated/α-hetero) is 1. The van der Waals surface area contributed by atoms with Crippen molar-refractivity contribution in [3.8, 4) is 11.9 Å². The predicted molar refractivity (Wildman–Crippen MR) is 121 cm³/mol. The van der Waals surface area contributed by atoms with Gasteiger partial charge in [0, 0.05) is 37.9 Å². The van der Waals surface area contributed by atoms with Gasteiger partial charge in [-0.05, 0) is 44.9 Å². The smallest absolute Gasteiger partial charge is 0.193 e. The SMILES string of the molecule is COC(C)c1c(CC(=O)Cc2cnc(-n3ncc(C(C)(C)O)n3)c(Cl)c2)cnc(C)c1C#N. The molecule has 33 heavy (non-hydrogen) atoms. The third kappa shape index (κ3) is 5.42. The number of pyridine rings is 2. The van der Waals surface area contributed by atoms with Crippen LogP contribution in [-0.4, -0.2) is 43.0 Å². The van der Waals surface area contributed by atoms with Gasteiger partial charge in [0.25, 0.3) is 0 Å². The topological polar surface area (TPSA) is 127 Å². The van der Waals surface area contributed by atoms with E-state index in [0.717, 1.165) is 0 Å². The van der Waals surface area contributed by atoms with Crippen molar-refractivity contribution in [2.24, 2.45) is 0 Å². The Bertz CT molecular complexity index is 1230. The molecule has 3 aromatic rings. The number of hydrogen-bond acceptors (Lipinski definition) is 8. The van der Waals surface area contributed by atoms with Gasteiger partial charge >= 0.3 is 0 Å². The normalized spacial score (nSPS) is 12.4. The summed E-state index contributed by atoms with van der Waals surface area (Å²) in [7, 11) is 1.56. The molecule has 1 unspecified atom stereocenters. The summed E-state index contributed by atoms with van der Waals surface area (Å²) in [4.78, 5) is 22.6. The maximum atomic E-state index is 12.8. The van der Waals surface area contributed by atoms with E-state index >= 15 is 0 Å². The molecule has 3 heterocycles. The number of hydrogen-bond donors (Lipinski definition) is 1. The molecule has 0 fully saturated rings. The molecule has 3 rings (SSSR count). The molecule has 0 aromatic carbocycles. The largest absolute Gasteiger partial charge is 0.384 e. The average molecular weight is 469 g/mol. The van der Waals surface area contributed by atoms with E-state index in [2.05, 4.69) is 26.2 Å². The summed E-state index contributed by atoms with van der Waals surface area (Å²) in [6, 6.07) is 3.81. The Morgan fingerprint density at radius 2 is 2.03 bits per heavy atom. The van der Waals surface area contributed by atoms with Crippen LogP contribution in [-0.2, 0) is 28.0 Å². The van der Waals surface area contributed by atoms with Gasteiger partial charge in [-0.25, -0.2) is 4.98 Å². The van der Waals surface area contributed by atoms with Crippen LogP contribution in [0.1, 0.15) is 60.5 Å². The van der Waals surface area contributed by atoms with Crippen molar-refractivity contribution in [3.05, 3.63) is 63.3 Å². The molecule has 0 spiro atoms. The molecular weight excluding hydrogens is 444 g/mol. The highest BCUT2D eigenvalue weighted by Gasteiger charge is 2.22. The second-order valence-electron chi connectivity index (χ2n) is 8.27. The number of methoxy groups -OCH3 is 1. The molecule has 0 aliphatic carbocycles. The number of aromatic nitrogens is 5. The number of nitrogens with zero attached hydrogens (tertiary/aromatic N) is 6.